The van der Waals surface area contributed by atoms with E-state index in [9.17, 15) is 9.59 Å². The number of amides is 2. The van der Waals surface area contributed by atoms with Gasteiger partial charge in [-0.25, -0.2) is 0 Å². The lowest BCUT2D eigenvalue weighted by Crippen LogP contribution is -2.25. The van der Waals surface area contributed by atoms with Gasteiger partial charge in [0.25, 0.3) is 5.91 Å². The quantitative estimate of drug-likeness (QED) is 0.524. The molecular formula is C22H25N5O3S. The third kappa shape index (κ3) is 5.64. The Morgan fingerprint density at radius 2 is 1.87 bits per heavy atom. The van der Waals surface area contributed by atoms with E-state index in [1.54, 1.807) is 35.9 Å². The molecule has 0 aliphatic heterocycles. The van der Waals surface area contributed by atoms with Crippen LogP contribution < -0.4 is 15.4 Å². The Balaban J connectivity index is 1.54. The van der Waals surface area contributed by atoms with Crippen LogP contribution in [0.3, 0.4) is 0 Å². The molecule has 0 aliphatic rings. The summed E-state index contributed by atoms with van der Waals surface area (Å²) < 4.78 is 6.98. The molecule has 1 heterocycles. The lowest BCUT2D eigenvalue weighted by molar-refractivity contribution is -0.113. The molecule has 9 heteroatoms. The summed E-state index contributed by atoms with van der Waals surface area (Å²) in [6, 6.07) is 12.8. The number of para-hydroxylation sites is 1. The molecule has 0 spiro atoms. The largest absolute Gasteiger partial charge is 0.496 e. The second-order valence-corrected chi connectivity index (χ2v) is 7.92. The first-order valence-electron chi connectivity index (χ1n) is 9.68. The summed E-state index contributed by atoms with van der Waals surface area (Å²) in [5, 5.41) is 14.6. The molecule has 3 aromatic rings. The topological polar surface area (TPSA) is 98.1 Å². The fraction of sp³-hybridized carbons (Fsp3) is 0.273. The minimum atomic E-state index is -0.262. The Hall–Kier alpha value is -3.33. The summed E-state index contributed by atoms with van der Waals surface area (Å²) in [5.41, 5.74) is 3.52. The van der Waals surface area contributed by atoms with E-state index in [1.807, 2.05) is 32.0 Å². The number of ether oxygens (including phenoxy) is 1. The number of hydrogen-bond acceptors (Lipinski definition) is 6. The second kappa shape index (κ2) is 10.1. The Morgan fingerprint density at radius 3 is 2.61 bits per heavy atom. The summed E-state index contributed by atoms with van der Waals surface area (Å²) in [5.74, 6) is 0.904. The number of nitrogens with zero attached hydrogens (tertiary/aromatic N) is 3. The number of hydrogen-bond donors (Lipinski definition) is 2. The normalized spacial score (nSPS) is 10.6. The van der Waals surface area contributed by atoms with Crippen LogP contribution in [0.2, 0.25) is 0 Å². The summed E-state index contributed by atoms with van der Waals surface area (Å²) in [6.07, 6.45) is 0. The summed E-state index contributed by atoms with van der Waals surface area (Å²) in [7, 11) is 3.32. The van der Waals surface area contributed by atoms with Gasteiger partial charge in [0.15, 0.2) is 11.0 Å². The van der Waals surface area contributed by atoms with Gasteiger partial charge < -0.3 is 19.9 Å². The molecule has 0 fully saturated rings. The van der Waals surface area contributed by atoms with E-state index in [0.717, 1.165) is 11.3 Å². The third-order valence-electron chi connectivity index (χ3n) is 4.81. The van der Waals surface area contributed by atoms with Crippen molar-refractivity contribution >= 4 is 29.3 Å². The van der Waals surface area contributed by atoms with Crippen LogP contribution in [0, 0.1) is 13.8 Å². The van der Waals surface area contributed by atoms with E-state index in [4.69, 9.17) is 4.74 Å². The van der Waals surface area contributed by atoms with Crippen LogP contribution in [0.5, 0.6) is 5.75 Å². The summed E-state index contributed by atoms with van der Waals surface area (Å²) in [6.45, 7) is 4.24. The van der Waals surface area contributed by atoms with E-state index < -0.39 is 0 Å². The van der Waals surface area contributed by atoms with Crippen molar-refractivity contribution in [1.82, 2.24) is 20.1 Å². The zero-order chi connectivity index (χ0) is 22.4. The average Bonchev–Trinajstić information content (AvgIpc) is 3.12. The van der Waals surface area contributed by atoms with Crippen molar-refractivity contribution < 1.29 is 14.3 Å². The first kappa shape index (κ1) is 22.4. The lowest BCUT2D eigenvalue weighted by atomic mass is 10.1. The van der Waals surface area contributed by atoms with Crippen molar-refractivity contribution in [2.75, 3.05) is 18.2 Å². The number of rotatable bonds is 8. The number of anilines is 1. The summed E-state index contributed by atoms with van der Waals surface area (Å²) >= 11 is 1.28. The van der Waals surface area contributed by atoms with Gasteiger partial charge in [-0.1, -0.05) is 30.0 Å². The van der Waals surface area contributed by atoms with Gasteiger partial charge in [-0.05, 0) is 49.2 Å². The molecule has 0 atom stereocenters. The van der Waals surface area contributed by atoms with Crippen LogP contribution in [0.4, 0.5) is 5.69 Å². The Labute approximate surface area is 185 Å². The maximum absolute atomic E-state index is 12.4. The van der Waals surface area contributed by atoms with E-state index in [0.29, 0.717) is 22.3 Å². The molecule has 0 radical (unpaired) electrons. The van der Waals surface area contributed by atoms with Gasteiger partial charge >= 0.3 is 0 Å². The van der Waals surface area contributed by atoms with Crippen molar-refractivity contribution in [1.29, 1.82) is 0 Å². The maximum atomic E-state index is 12.4. The minimum Gasteiger partial charge on any atom is -0.496 e. The van der Waals surface area contributed by atoms with Crippen LogP contribution in [0.15, 0.2) is 47.6 Å². The first-order chi connectivity index (χ1) is 14.9. The number of carbonyl (C=O) groups is 2. The molecule has 0 saturated heterocycles. The number of carbonyl (C=O) groups excluding carboxylic acids is 2. The molecule has 8 nitrogen and oxygen atoms in total. The third-order valence-corrected chi connectivity index (χ3v) is 5.83. The number of thioether (sulfide) groups is 1. The number of nitrogens with one attached hydrogen (secondary N) is 2. The lowest BCUT2D eigenvalue weighted by Gasteiger charge is -2.09. The molecular weight excluding hydrogens is 414 g/mol. The molecule has 0 aliphatic carbocycles. The van der Waals surface area contributed by atoms with Gasteiger partial charge in [-0.15, -0.1) is 10.2 Å². The molecule has 2 amide bonds. The van der Waals surface area contributed by atoms with Gasteiger partial charge in [-0.3, -0.25) is 9.59 Å². The molecule has 0 bridgehead atoms. The van der Waals surface area contributed by atoms with Crippen molar-refractivity contribution in [3.63, 3.8) is 0 Å². The van der Waals surface area contributed by atoms with Crippen LogP contribution >= 0.6 is 11.8 Å². The molecule has 162 valence electrons. The van der Waals surface area contributed by atoms with Crippen LogP contribution in [0.1, 0.15) is 27.3 Å². The van der Waals surface area contributed by atoms with E-state index in [2.05, 4.69) is 20.8 Å². The standard InChI is InChI=1S/C22H25N5O3S/c1-14-9-10-16(11-15(14)2)24-20(28)13-31-22-26-25-19(27(22)3)12-23-21(29)17-7-5-6-8-18(17)30-4/h5-11H,12-13H2,1-4H3,(H,23,29)(H,24,28). The molecule has 0 saturated carbocycles. The molecule has 0 unspecified atom stereocenters. The highest BCUT2D eigenvalue weighted by molar-refractivity contribution is 7.99. The van der Waals surface area contributed by atoms with Crippen LogP contribution in [-0.4, -0.2) is 39.4 Å². The molecule has 3 rings (SSSR count). The number of methoxy groups -OCH3 is 1. The Bertz CT molecular complexity index is 1100. The van der Waals surface area contributed by atoms with Crippen LogP contribution in [0.25, 0.3) is 0 Å². The molecule has 1 aromatic heterocycles. The predicted molar refractivity (Wildman–Crippen MR) is 120 cm³/mol. The van der Waals surface area contributed by atoms with Gasteiger partial charge in [0, 0.05) is 12.7 Å². The van der Waals surface area contributed by atoms with E-state index in [1.165, 1.54) is 24.4 Å². The van der Waals surface area contributed by atoms with Crippen LogP contribution in [-0.2, 0) is 18.4 Å². The monoisotopic (exact) mass is 439 g/mol. The minimum absolute atomic E-state index is 0.123. The van der Waals surface area contributed by atoms with Crippen molar-refractivity contribution in [2.45, 2.75) is 25.5 Å². The highest BCUT2D eigenvalue weighted by Crippen LogP contribution is 2.19. The molecule has 2 aromatic carbocycles. The van der Waals surface area contributed by atoms with Gasteiger partial charge in [0.05, 0.1) is 25.0 Å². The molecule has 31 heavy (non-hydrogen) atoms. The fourth-order valence-corrected chi connectivity index (χ4v) is 3.59. The number of aromatic nitrogens is 3. The van der Waals surface area contributed by atoms with E-state index >= 15 is 0 Å². The highest BCUT2D eigenvalue weighted by Gasteiger charge is 2.15. The zero-order valence-corrected chi connectivity index (χ0v) is 18.7. The molecule has 2 N–H and O–H groups in total. The Kier molecular flexibility index (Phi) is 7.30. The summed E-state index contributed by atoms with van der Waals surface area (Å²) in [4.78, 5) is 24.7. The SMILES string of the molecule is COc1ccccc1C(=O)NCc1nnc(SCC(=O)Nc2ccc(C)c(C)c2)n1C. The number of benzene rings is 2. The maximum Gasteiger partial charge on any atom is 0.255 e. The fourth-order valence-electron chi connectivity index (χ4n) is 2.86. The average molecular weight is 440 g/mol. The zero-order valence-electron chi connectivity index (χ0n) is 17.9. The smallest absolute Gasteiger partial charge is 0.255 e. The van der Waals surface area contributed by atoms with Gasteiger partial charge in [-0.2, -0.15) is 0 Å². The van der Waals surface area contributed by atoms with Gasteiger partial charge in [0.1, 0.15) is 5.75 Å². The Morgan fingerprint density at radius 1 is 1.10 bits per heavy atom. The highest BCUT2D eigenvalue weighted by atomic mass is 32.2. The second-order valence-electron chi connectivity index (χ2n) is 6.98. The van der Waals surface area contributed by atoms with Crippen molar-refractivity contribution in [3.8, 4) is 5.75 Å². The first-order valence-corrected chi connectivity index (χ1v) is 10.7. The van der Waals surface area contributed by atoms with Crippen molar-refractivity contribution in [2.24, 2.45) is 7.05 Å². The van der Waals surface area contributed by atoms with E-state index in [-0.39, 0.29) is 24.1 Å². The predicted octanol–water partition coefficient (Wildman–Crippen LogP) is 3.10. The van der Waals surface area contributed by atoms with Gasteiger partial charge in [0.2, 0.25) is 5.91 Å². The van der Waals surface area contributed by atoms with Crippen molar-refractivity contribution in [3.05, 3.63) is 65.0 Å². The number of aryl methyl sites for hydroxylation is 2.